The van der Waals surface area contributed by atoms with Crippen LogP contribution in [-0.4, -0.2) is 32.0 Å². The van der Waals surface area contributed by atoms with Crippen molar-refractivity contribution in [2.45, 2.75) is 46.5 Å². The first-order valence-electron chi connectivity index (χ1n) is 9.74. The molecule has 0 saturated carbocycles. The Labute approximate surface area is 183 Å². The van der Waals surface area contributed by atoms with Crippen LogP contribution in [0, 0.1) is 20.8 Å². The lowest BCUT2D eigenvalue weighted by Gasteiger charge is -2.09. The molecule has 1 aromatic carbocycles. The smallest absolute Gasteiger partial charge is 0.352 e. The zero-order chi connectivity index (χ0) is 22.8. The SMILES string of the molecule is Cc1cc(C)n(Cc2cccc(C(=O)NCCCn3nc(C(F)(F)F)c(Cl)c3C)c2)n1. The Morgan fingerprint density at radius 2 is 1.87 bits per heavy atom. The van der Waals surface area contributed by atoms with Crippen LogP contribution in [0.3, 0.4) is 0 Å². The molecule has 0 aliphatic heterocycles. The maximum Gasteiger partial charge on any atom is 0.436 e. The number of rotatable bonds is 7. The summed E-state index contributed by atoms with van der Waals surface area (Å²) in [4.78, 5) is 12.5. The summed E-state index contributed by atoms with van der Waals surface area (Å²) in [6, 6.07) is 9.24. The number of benzene rings is 1. The van der Waals surface area contributed by atoms with E-state index in [-0.39, 0.29) is 18.1 Å². The number of nitrogens with one attached hydrogen (secondary N) is 1. The van der Waals surface area contributed by atoms with Gasteiger partial charge in [0.25, 0.3) is 5.91 Å². The van der Waals surface area contributed by atoms with Gasteiger partial charge in [0.15, 0.2) is 5.69 Å². The highest BCUT2D eigenvalue weighted by Gasteiger charge is 2.38. The first-order valence-corrected chi connectivity index (χ1v) is 10.1. The van der Waals surface area contributed by atoms with Gasteiger partial charge < -0.3 is 5.32 Å². The van der Waals surface area contributed by atoms with Gasteiger partial charge in [0.2, 0.25) is 0 Å². The average Bonchev–Trinajstić information content (AvgIpc) is 3.17. The van der Waals surface area contributed by atoms with Crippen molar-refractivity contribution in [3.63, 3.8) is 0 Å². The predicted molar refractivity (Wildman–Crippen MR) is 111 cm³/mol. The molecule has 166 valence electrons. The molecule has 3 rings (SSSR count). The number of carbonyl (C=O) groups is 1. The molecular weight excluding hydrogens is 431 g/mol. The first-order chi connectivity index (χ1) is 14.6. The van der Waals surface area contributed by atoms with Crippen LogP contribution in [0.25, 0.3) is 0 Å². The predicted octanol–water partition coefficient (Wildman–Crippen LogP) is 4.55. The Morgan fingerprint density at radius 3 is 2.48 bits per heavy atom. The van der Waals surface area contributed by atoms with Crippen LogP contribution >= 0.6 is 11.6 Å². The monoisotopic (exact) mass is 453 g/mol. The maximum absolute atomic E-state index is 12.9. The maximum atomic E-state index is 12.9. The Kier molecular flexibility index (Phi) is 6.74. The normalized spacial score (nSPS) is 11.7. The standard InChI is InChI=1S/C21H23ClF3N5O/c1-13-10-14(2)30(27-13)12-16-6-4-7-17(11-16)20(31)26-8-5-9-29-15(3)18(22)19(28-29)21(23,24)25/h4,6-7,10-11H,5,8-9,12H2,1-3H3,(H,26,31). The van der Waals surface area contributed by atoms with Crippen LogP contribution in [0.2, 0.25) is 5.02 Å². The number of nitrogens with zero attached hydrogens (tertiary/aromatic N) is 4. The van der Waals surface area contributed by atoms with Crippen LogP contribution < -0.4 is 5.32 Å². The second-order valence-electron chi connectivity index (χ2n) is 7.36. The molecule has 0 radical (unpaired) electrons. The van der Waals surface area contributed by atoms with E-state index in [4.69, 9.17) is 11.6 Å². The quantitative estimate of drug-likeness (QED) is 0.534. The largest absolute Gasteiger partial charge is 0.436 e. The molecule has 0 aliphatic carbocycles. The van der Waals surface area contributed by atoms with Crippen LogP contribution in [0.15, 0.2) is 30.3 Å². The Morgan fingerprint density at radius 1 is 1.13 bits per heavy atom. The van der Waals surface area contributed by atoms with Gasteiger partial charge in [0, 0.05) is 24.3 Å². The first kappa shape index (κ1) is 22.9. The number of hydrogen-bond acceptors (Lipinski definition) is 3. The van der Waals surface area contributed by atoms with Gasteiger partial charge in [-0.2, -0.15) is 23.4 Å². The molecule has 0 atom stereocenters. The fourth-order valence-corrected chi connectivity index (χ4v) is 3.52. The third kappa shape index (κ3) is 5.46. The third-order valence-corrected chi connectivity index (χ3v) is 5.31. The average molecular weight is 454 g/mol. The van der Waals surface area contributed by atoms with Gasteiger partial charge in [-0.05, 0) is 51.0 Å². The van der Waals surface area contributed by atoms with Crippen molar-refractivity contribution >= 4 is 17.5 Å². The van der Waals surface area contributed by atoms with Crippen LogP contribution in [0.1, 0.15) is 45.1 Å². The van der Waals surface area contributed by atoms with E-state index >= 15 is 0 Å². The second-order valence-corrected chi connectivity index (χ2v) is 7.74. The Balaban J connectivity index is 1.55. The topological polar surface area (TPSA) is 64.7 Å². The van der Waals surface area contributed by atoms with Gasteiger partial charge in [-0.3, -0.25) is 14.2 Å². The van der Waals surface area contributed by atoms with Crippen LogP contribution in [-0.2, 0) is 19.3 Å². The highest BCUT2D eigenvalue weighted by molar-refractivity contribution is 6.31. The lowest BCUT2D eigenvalue weighted by molar-refractivity contribution is -0.141. The number of amides is 1. The van der Waals surface area contributed by atoms with Gasteiger partial charge in [0.05, 0.1) is 23.0 Å². The molecule has 0 saturated heterocycles. The lowest BCUT2D eigenvalue weighted by atomic mass is 10.1. The van der Waals surface area contributed by atoms with Gasteiger partial charge in [0.1, 0.15) is 0 Å². The molecule has 10 heteroatoms. The van der Waals surface area contributed by atoms with Crippen LogP contribution in [0.4, 0.5) is 13.2 Å². The third-order valence-electron chi connectivity index (χ3n) is 4.86. The molecule has 1 N–H and O–H groups in total. The molecule has 2 heterocycles. The molecule has 31 heavy (non-hydrogen) atoms. The number of aryl methyl sites for hydroxylation is 3. The van der Waals surface area contributed by atoms with Crippen molar-refractivity contribution < 1.29 is 18.0 Å². The highest BCUT2D eigenvalue weighted by atomic mass is 35.5. The van der Waals surface area contributed by atoms with E-state index in [0.717, 1.165) is 17.0 Å². The molecule has 0 bridgehead atoms. The molecule has 6 nitrogen and oxygen atoms in total. The van der Waals surface area contributed by atoms with Gasteiger partial charge in [-0.15, -0.1) is 0 Å². The molecule has 0 aliphatic rings. The van der Waals surface area contributed by atoms with Gasteiger partial charge in [-0.1, -0.05) is 23.7 Å². The summed E-state index contributed by atoms with van der Waals surface area (Å²) in [6.07, 6.45) is -4.19. The number of hydrogen-bond donors (Lipinski definition) is 1. The van der Waals surface area contributed by atoms with Gasteiger partial charge in [-0.25, -0.2) is 0 Å². The molecule has 2 aromatic heterocycles. The summed E-state index contributed by atoms with van der Waals surface area (Å²) in [5, 5.41) is 10.4. The molecular formula is C21H23ClF3N5O. The van der Waals surface area contributed by atoms with E-state index in [1.807, 2.05) is 36.7 Å². The highest BCUT2D eigenvalue weighted by Crippen LogP contribution is 2.35. The number of carbonyl (C=O) groups excluding carboxylic acids is 1. The number of aromatic nitrogens is 4. The minimum Gasteiger partial charge on any atom is -0.352 e. The van der Waals surface area contributed by atoms with Gasteiger partial charge >= 0.3 is 6.18 Å². The Hall–Kier alpha value is -2.81. The minimum absolute atomic E-state index is 0.208. The fourth-order valence-electron chi connectivity index (χ4n) is 3.27. The van der Waals surface area contributed by atoms with E-state index < -0.39 is 16.9 Å². The molecule has 1 amide bonds. The molecule has 0 unspecified atom stereocenters. The van der Waals surface area contributed by atoms with E-state index in [0.29, 0.717) is 25.1 Å². The van der Waals surface area contributed by atoms with Crippen molar-refractivity contribution in [2.24, 2.45) is 0 Å². The number of halogens is 4. The van der Waals surface area contributed by atoms with Crippen molar-refractivity contribution in [3.8, 4) is 0 Å². The van der Waals surface area contributed by atoms with Crippen LogP contribution in [0.5, 0.6) is 0 Å². The van der Waals surface area contributed by atoms with E-state index in [9.17, 15) is 18.0 Å². The van der Waals surface area contributed by atoms with E-state index in [1.54, 1.807) is 12.1 Å². The molecule has 3 aromatic rings. The van der Waals surface area contributed by atoms with Crippen molar-refractivity contribution in [1.29, 1.82) is 0 Å². The van der Waals surface area contributed by atoms with E-state index in [1.165, 1.54) is 11.6 Å². The summed E-state index contributed by atoms with van der Waals surface area (Å²) >= 11 is 5.75. The summed E-state index contributed by atoms with van der Waals surface area (Å²) < 4.78 is 41.8. The summed E-state index contributed by atoms with van der Waals surface area (Å²) in [7, 11) is 0. The summed E-state index contributed by atoms with van der Waals surface area (Å²) in [6.45, 7) is 6.44. The summed E-state index contributed by atoms with van der Waals surface area (Å²) in [5.74, 6) is -0.249. The van der Waals surface area contributed by atoms with Crippen molar-refractivity contribution in [3.05, 3.63) is 69.3 Å². The van der Waals surface area contributed by atoms with Crippen molar-refractivity contribution in [1.82, 2.24) is 24.9 Å². The minimum atomic E-state index is -4.60. The molecule has 0 fully saturated rings. The fraction of sp³-hybridized carbons (Fsp3) is 0.381. The van der Waals surface area contributed by atoms with Crippen molar-refractivity contribution in [2.75, 3.05) is 6.54 Å². The second kappa shape index (κ2) is 9.13. The Bertz CT molecular complexity index is 1090. The zero-order valence-electron chi connectivity index (χ0n) is 17.4. The summed E-state index contributed by atoms with van der Waals surface area (Å²) in [5.41, 5.74) is 2.59. The lowest BCUT2D eigenvalue weighted by Crippen LogP contribution is -2.25. The number of alkyl halides is 3. The van der Waals surface area contributed by atoms with E-state index in [2.05, 4.69) is 15.5 Å². The zero-order valence-corrected chi connectivity index (χ0v) is 18.2. The molecule has 0 spiro atoms.